The minimum atomic E-state index is -0.478. The van der Waals surface area contributed by atoms with Crippen molar-refractivity contribution in [3.63, 3.8) is 0 Å². The molecule has 0 atom stereocenters. The highest BCUT2D eigenvalue weighted by atomic mass is 79.9. The summed E-state index contributed by atoms with van der Waals surface area (Å²) in [5.41, 5.74) is 2.19. The molecule has 0 spiro atoms. The van der Waals surface area contributed by atoms with E-state index in [0.717, 1.165) is 0 Å². The van der Waals surface area contributed by atoms with Gasteiger partial charge in [-0.25, -0.2) is 4.39 Å². The lowest BCUT2D eigenvalue weighted by Gasteiger charge is -2.21. The first-order chi connectivity index (χ1) is 16.5. The van der Waals surface area contributed by atoms with Crippen LogP contribution in [0.25, 0.3) is 10.9 Å². The molecule has 10 heteroatoms. The third-order valence-electron chi connectivity index (χ3n) is 5.56. The summed E-state index contributed by atoms with van der Waals surface area (Å²) in [6.07, 6.45) is 0. The number of ether oxygens (including phenoxy) is 2. The second-order valence-electron chi connectivity index (χ2n) is 7.68. The number of nitrogens with zero attached hydrogens (tertiary/aromatic N) is 2. The molecule has 1 aliphatic rings. The number of hydrogen-bond acceptors (Lipinski definition) is 6. The van der Waals surface area contributed by atoms with Crippen LogP contribution in [0, 0.1) is 10.7 Å². The number of hydrogen-bond donors (Lipinski definition) is 2. The zero-order valence-electron chi connectivity index (χ0n) is 17.5. The first-order valence-corrected chi connectivity index (χ1v) is 11.0. The number of fused-ring (bicyclic) bond motifs is 2. The molecule has 0 fully saturated rings. The molecule has 172 valence electrons. The Bertz CT molecular complexity index is 1450. The molecule has 2 N–H and O–H groups in total. The average molecular weight is 526 g/mol. The number of nitrogens with one attached hydrogen (secondary N) is 1. The van der Waals surface area contributed by atoms with E-state index in [-0.39, 0.29) is 37.4 Å². The first-order valence-electron chi connectivity index (χ1n) is 10.2. The molecule has 0 saturated heterocycles. The Hall–Kier alpha value is -3.76. The Kier molecular flexibility index (Phi) is 5.76. The van der Waals surface area contributed by atoms with Crippen LogP contribution in [0.5, 0.6) is 11.6 Å². The van der Waals surface area contributed by atoms with Crippen molar-refractivity contribution < 1.29 is 23.8 Å². The topological polar surface area (TPSA) is 102 Å². The van der Waals surface area contributed by atoms with Crippen LogP contribution in [0.15, 0.2) is 64.2 Å². The first kappa shape index (κ1) is 22.1. The van der Waals surface area contributed by atoms with Crippen molar-refractivity contribution in [1.82, 2.24) is 4.57 Å². The summed E-state index contributed by atoms with van der Waals surface area (Å²) >= 11 is 3.36. The zero-order valence-corrected chi connectivity index (χ0v) is 19.1. The molecule has 4 aromatic rings. The van der Waals surface area contributed by atoms with Crippen LogP contribution in [0.1, 0.15) is 21.5 Å². The van der Waals surface area contributed by atoms with Crippen LogP contribution in [-0.2, 0) is 17.9 Å². The normalized spacial score (nSPS) is 12.8. The number of amides is 1. The summed E-state index contributed by atoms with van der Waals surface area (Å²) < 4.78 is 27.1. The van der Waals surface area contributed by atoms with Gasteiger partial charge in [-0.15, -0.1) is 4.91 Å². The van der Waals surface area contributed by atoms with E-state index < -0.39 is 5.82 Å². The highest BCUT2D eigenvalue weighted by Crippen LogP contribution is 2.41. The smallest absolute Gasteiger partial charge is 0.256 e. The summed E-state index contributed by atoms with van der Waals surface area (Å²) in [7, 11) is 0. The number of rotatable bonds is 5. The third kappa shape index (κ3) is 3.91. The van der Waals surface area contributed by atoms with Crippen LogP contribution < -0.4 is 10.1 Å². The maximum atomic E-state index is 14.2. The monoisotopic (exact) mass is 525 g/mol. The van der Waals surface area contributed by atoms with E-state index >= 15 is 0 Å². The second kappa shape index (κ2) is 8.88. The van der Waals surface area contributed by atoms with Gasteiger partial charge in [0.25, 0.3) is 5.91 Å². The fourth-order valence-corrected chi connectivity index (χ4v) is 4.50. The number of halogens is 2. The Balaban J connectivity index is 1.57. The summed E-state index contributed by atoms with van der Waals surface area (Å²) in [6.45, 7) is 0.223. The zero-order chi connectivity index (χ0) is 23.8. The standard InChI is InChI=1S/C24H17BrFN3O5/c25-19-4-2-1-3-17(19)23(30)27-16-5-6-18-20(9-16)29(24(31)21(18)28-32)10-13-7-15(26)8-14-11-33-12-34-22(13)14/h1-9,31H,10-12H2,(H,27,30). The van der Waals surface area contributed by atoms with Gasteiger partial charge in [0.15, 0.2) is 12.5 Å². The van der Waals surface area contributed by atoms with E-state index in [1.54, 1.807) is 42.5 Å². The molecule has 1 aliphatic heterocycles. The molecule has 8 nitrogen and oxygen atoms in total. The number of aromatic nitrogens is 1. The van der Waals surface area contributed by atoms with Gasteiger partial charge in [0.2, 0.25) is 5.88 Å². The fraction of sp³-hybridized carbons (Fsp3) is 0.125. The molecule has 34 heavy (non-hydrogen) atoms. The van der Waals surface area contributed by atoms with E-state index in [4.69, 9.17) is 9.47 Å². The van der Waals surface area contributed by atoms with Crippen molar-refractivity contribution in [1.29, 1.82) is 0 Å². The number of carbonyl (C=O) groups excluding carboxylic acids is 1. The Morgan fingerprint density at radius 2 is 2.03 bits per heavy atom. The predicted octanol–water partition coefficient (Wildman–Crippen LogP) is 5.81. The second-order valence-corrected chi connectivity index (χ2v) is 8.53. The quantitative estimate of drug-likeness (QED) is 0.320. The number of benzene rings is 3. The summed E-state index contributed by atoms with van der Waals surface area (Å²) in [5, 5.41) is 16.9. The van der Waals surface area contributed by atoms with Crippen LogP contribution in [0.4, 0.5) is 15.8 Å². The number of anilines is 1. The molecule has 0 radical (unpaired) electrons. The Morgan fingerprint density at radius 1 is 1.21 bits per heavy atom. The minimum absolute atomic E-state index is 0.000417. The van der Waals surface area contributed by atoms with Crippen molar-refractivity contribution in [3.8, 4) is 11.6 Å². The van der Waals surface area contributed by atoms with Crippen LogP contribution in [0.2, 0.25) is 0 Å². The molecule has 2 heterocycles. The van der Waals surface area contributed by atoms with Crippen molar-refractivity contribution in [2.24, 2.45) is 5.18 Å². The Labute approximate surface area is 201 Å². The van der Waals surface area contributed by atoms with Crippen molar-refractivity contribution >= 4 is 44.1 Å². The van der Waals surface area contributed by atoms with Crippen molar-refractivity contribution in [2.45, 2.75) is 13.2 Å². The van der Waals surface area contributed by atoms with Gasteiger partial charge in [0.1, 0.15) is 11.6 Å². The number of nitroso groups, excluding NO2 is 1. The molecule has 5 rings (SSSR count). The number of carbonyl (C=O) groups is 1. The van der Waals surface area contributed by atoms with Gasteiger partial charge in [-0.2, -0.15) is 0 Å². The van der Waals surface area contributed by atoms with Gasteiger partial charge >= 0.3 is 0 Å². The maximum absolute atomic E-state index is 14.2. The molecule has 1 aromatic heterocycles. The molecule has 0 saturated carbocycles. The SMILES string of the molecule is O=Nc1c(O)n(Cc2cc(F)cc3c2OCOC3)c2cc(NC(=O)c3ccccc3Br)ccc12. The van der Waals surface area contributed by atoms with Gasteiger partial charge in [-0.1, -0.05) is 12.1 Å². The van der Waals surface area contributed by atoms with Crippen LogP contribution >= 0.6 is 15.9 Å². The summed E-state index contributed by atoms with van der Waals surface area (Å²) in [4.78, 5) is 24.2. The summed E-state index contributed by atoms with van der Waals surface area (Å²) in [5.74, 6) is -0.721. The van der Waals surface area contributed by atoms with Gasteiger partial charge in [0, 0.05) is 26.7 Å². The molecule has 0 bridgehead atoms. The van der Waals surface area contributed by atoms with E-state index in [1.165, 1.54) is 16.7 Å². The molecule has 0 aliphatic carbocycles. The molecular weight excluding hydrogens is 509 g/mol. The fourth-order valence-electron chi connectivity index (χ4n) is 4.03. The lowest BCUT2D eigenvalue weighted by Crippen LogP contribution is -2.15. The Morgan fingerprint density at radius 3 is 2.82 bits per heavy atom. The number of aromatic hydroxyl groups is 1. The van der Waals surface area contributed by atoms with Crippen molar-refractivity contribution in [2.75, 3.05) is 12.1 Å². The lowest BCUT2D eigenvalue weighted by molar-refractivity contribution is -0.0173. The highest BCUT2D eigenvalue weighted by Gasteiger charge is 2.22. The lowest BCUT2D eigenvalue weighted by atomic mass is 10.1. The van der Waals surface area contributed by atoms with E-state index in [2.05, 4.69) is 26.4 Å². The highest BCUT2D eigenvalue weighted by molar-refractivity contribution is 9.10. The minimum Gasteiger partial charge on any atom is -0.493 e. The van der Waals surface area contributed by atoms with E-state index in [1.807, 2.05) is 0 Å². The van der Waals surface area contributed by atoms with E-state index in [0.29, 0.717) is 43.5 Å². The van der Waals surface area contributed by atoms with Gasteiger partial charge in [-0.05, 0) is 63.6 Å². The average Bonchev–Trinajstić information content (AvgIpc) is 3.09. The third-order valence-corrected chi connectivity index (χ3v) is 6.25. The van der Waals surface area contributed by atoms with Crippen LogP contribution in [-0.4, -0.2) is 22.4 Å². The van der Waals surface area contributed by atoms with Gasteiger partial charge in [-0.3, -0.25) is 4.79 Å². The van der Waals surface area contributed by atoms with Crippen LogP contribution in [0.3, 0.4) is 0 Å². The summed E-state index contributed by atoms with van der Waals surface area (Å²) in [6, 6.07) is 14.4. The largest absolute Gasteiger partial charge is 0.493 e. The van der Waals surface area contributed by atoms with E-state index in [9.17, 15) is 19.2 Å². The maximum Gasteiger partial charge on any atom is 0.256 e. The van der Waals surface area contributed by atoms with Gasteiger partial charge < -0.3 is 24.5 Å². The molecule has 0 unspecified atom stereocenters. The predicted molar refractivity (Wildman–Crippen MR) is 127 cm³/mol. The molecule has 1 amide bonds. The molecule has 3 aromatic carbocycles. The molecular formula is C24H17BrFN3O5. The van der Waals surface area contributed by atoms with Crippen molar-refractivity contribution in [3.05, 3.63) is 86.5 Å². The van der Waals surface area contributed by atoms with Gasteiger partial charge in [0.05, 0.1) is 24.2 Å².